The molecule has 1 heterocycles. The molecule has 2 rings (SSSR count). The summed E-state index contributed by atoms with van der Waals surface area (Å²) in [6, 6.07) is 0. The summed E-state index contributed by atoms with van der Waals surface area (Å²) in [5.74, 6) is 3.70. The lowest BCUT2D eigenvalue weighted by Gasteiger charge is -2.28. The first-order valence-corrected chi connectivity index (χ1v) is 8.42. The first kappa shape index (κ1) is 15.5. The third kappa shape index (κ3) is 3.60. The Morgan fingerprint density at radius 1 is 1.10 bits per heavy atom. The van der Waals surface area contributed by atoms with Crippen LogP contribution in [0.4, 0.5) is 0 Å². The lowest BCUT2D eigenvalue weighted by Crippen LogP contribution is -2.18. The van der Waals surface area contributed by atoms with Crippen molar-refractivity contribution in [1.82, 2.24) is 14.8 Å². The van der Waals surface area contributed by atoms with Gasteiger partial charge in [0.1, 0.15) is 11.6 Å². The number of nitrogens with zero attached hydrogens (tertiary/aromatic N) is 3. The van der Waals surface area contributed by atoms with Gasteiger partial charge in [0.05, 0.1) is 6.54 Å². The molecule has 1 saturated carbocycles. The fraction of sp³-hybridized carbons (Fsp3) is 0.875. The molecule has 20 heavy (non-hydrogen) atoms. The van der Waals surface area contributed by atoms with Crippen LogP contribution in [0.15, 0.2) is 0 Å². The number of rotatable bonds is 7. The second-order valence-electron chi connectivity index (χ2n) is 6.19. The van der Waals surface area contributed by atoms with Gasteiger partial charge in [0.25, 0.3) is 0 Å². The van der Waals surface area contributed by atoms with E-state index in [0.717, 1.165) is 24.7 Å². The highest BCUT2D eigenvalue weighted by Crippen LogP contribution is 2.37. The van der Waals surface area contributed by atoms with Crippen molar-refractivity contribution in [2.24, 2.45) is 11.7 Å². The Bertz CT molecular complexity index is 391. The maximum absolute atomic E-state index is 5.78. The monoisotopic (exact) mass is 278 g/mol. The van der Waals surface area contributed by atoms with Crippen molar-refractivity contribution in [3.05, 3.63) is 11.6 Å². The molecular weight excluding hydrogens is 248 g/mol. The number of hydrogen-bond acceptors (Lipinski definition) is 3. The van der Waals surface area contributed by atoms with E-state index >= 15 is 0 Å². The second kappa shape index (κ2) is 7.77. The van der Waals surface area contributed by atoms with E-state index < -0.39 is 0 Å². The Labute approximate surface area is 123 Å². The zero-order valence-corrected chi connectivity index (χ0v) is 13.1. The highest BCUT2D eigenvalue weighted by atomic mass is 15.3. The molecule has 4 nitrogen and oxygen atoms in total. The molecule has 1 aromatic heterocycles. The third-order valence-electron chi connectivity index (χ3n) is 4.66. The van der Waals surface area contributed by atoms with Crippen LogP contribution in [0.5, 0.6) is 0 Å². The summed E-state index contributed by atoms with van der Waals surface area (Å²) in [6.45, 7) is 5.99. The first-order valence-electron chi connectivity index (χ1n) is 8.42. The zero-order valence-electron chi connectivity index (χ0n) is 13.1. The van der Waals surface area contributed by atoms with Crippen LogP contribution in [0.2, 0.25) is 0 Å². The van der Waals surface area contributed by atoms with Gasteiger partial charge in [0, 0.05) is 12.5 Å². The van der Waals surface area contributed by atoms with Crippen LogP contribution in [0.3, 0.4) is 0 Å². The molecule has 0 saturated heterocycles. The standard InChI is InChI=1S/C16H30N4/c1-3-5-6-13-7-9-14(10-8-13)16-19-18-15(12-17)20(16)11-4-2/h13-14H,3-12,17H2,1-2H3. The largest absolute Gasteiger partial charge is 0.324 e. The molecule has 0 aliphatic heterocycles. The van der Waals surface area contributed by atoms with Crippen molar-refractivity contribution in [3.63, 3.8) is 0 Å². The summed E-state index contributed by atoms with van der Waals surface area (Å²) >= 11 is 0. The highest BCUT2D eigenvalue weighted by molar-refractivity contribution is 5.03. The number of aromatic nitrogens is 3. The molecule has 1 fully saturated rings. The molecule has 4 heteroatoms. The predicted molar refractivity (Wildman–Crippen MR) is 82.4 cm³/mol. The van der Waals surface area contributed by atoms with Gasteiger partial charge in [-0.25, -0.2) is 0 Å². The summed E-state index contributed by atoms with van der Waals surface area (Å²) in [5.41, 5.74) is 5.78. The SMILES string of the molecule is CCCCC1CCC(c2nnc(CN)n2CCC)CC1. The topological polar surface area (TPSA) is 56.7 Å². The molecule has 0 unspecified atom stereocenters. The van der Waals surface area contributed by atoms with E-state index in [0.29, 0.717) is 12.5 Å². The molecule has 0 radical (unpaired) electrons. The first-order chi connectivity index (χ1) is 9.80. The van der Waals surface area contributed by atoms with Crippen LogP contribution in [0.25, 0.3) is 0 Å². The molecule has 0 bridgehead atoms. The minimum Gasteiger partial charge on any atom is -0.324 e. The van der Waals surface area contributed by atoms with Crippen molar-refractivity contribution < 1.29 is 0 Å². The smallest absolute Gasteiger partial charge is 0.146 e. The number of unbranched alkanes of at least 4 members (excludes halogenated alkanes) is 1. The van der Waals surface area contributed by atoms with Crippen molar-refractivity contribution >= 4 is 0 Å². The van der Waals surface area contributed by atoms with Crippen molar-refractivity contribution in [2.45, 2.75) is 84.2 Å². The van der Waals surface area contributed by atoms with Crippen LogP contribution in [-0.2, 0) is 13.1 Å². The van der Waals surface area contributed by atoms with Crippen LogP contribution in [0.1, 0.15) is 82.8 Å². The zero-order chi connectivity index (χ0) is 14.4. The molecule has 0 aromatic carbocycles. The van der Waals surface area contributed by atoms with Gasteiger partial charge in [-0.3, -0.25) is 0 Å². The Morgan fingerprint density at radius 2 is 1.85 bits per heavy atom. The van der Waals surface area contributed by atoms with E-state index in [9.17, 15) is 0 Å². The Morgan fingerprint density at radius 3 is 2.45 bits per heavy atom. The van der Waals surface area contributed by atoms with Gasteiger partial charge >= 0.3 is 0 Å². The average Bonchev–Trinajstić information content (AvgIpc) is 2.89. The summed E-state index contributed by atoms with van der Waals surface area (Å²) in [4.78, 5) is 0. The van der Waals surface area contributed by atoms with Gasteiger partial charge in [-0.2, -0.15) is 0 Å². The maximum Gasteiger partial charge on any atom is 0.146 e. The molecule has 2 N–H and O–H groups in total. The third-order valence-corrected chi connectivity index (χ3v) is 4.66. The van der Waals surface area contributed by atoms with Crippen molar-refractivity contribution in [2.75, 3.05) is 0 Å². The fourth-order valence-corrected chi connectivity index (χ4v) is 3.47. The van der Waals surface area contributed by atoms with Gasteiger partial charge in [-0.15, -0.1) is 10.2 Å². The predicted octanol–water partition coefficient (Wildman–Crippen LogP) is 3.61. The normalized spacial score (nSPS) is 23.1. The Kier molecular flexibility index (Phi) is 6.02. The van der Waals surface area contributed by atoms with Crippen molar-refractivity contribution in [3.8, 4) is 0 Å². The Hall–Kier alpha value is -0.900. The van der Waals surface area contributed by atoms with Gasteiger partial charge in [-0.1, -0.05) is 33.1 Å². The van der Waals surface area contributed by atoms with E-state index in [2.05, 4.69) is 28.6 Å². The van der Waals surface area contributed by atoms with Crippen LogP contribution < -0.4 is 5.73 Å². The van der Waals surface area contributed by atoms with Crippen LogP contribution in [0, 0.1) is 5.92 Å². The second-order valence-corrected chi connectivity index (χ2v) is 6.19. The number of hydrogen-bond donors (Lipinski definition) is 1. The number of nitrogens with two attached hydrogens (primary N) is 1. The van der Waals surface area contributed by atoms with Gasteiger partial charge in [0.2, 0.25) is 0 Å². The molecule has 0 amide bonds. The molecule has 114 valence electrons. The average molecular weight is 278 g/mol. The summed E-state index contributed by atoms with van der Waals surface area (Å²) in [7, 11) is 0. The summed E-state index contributed by atoms with van der Waals surface area (Å²) < 4.78 is 2.27. The minimum absolute atomic E-state index is 0.499. The highest BCUT2D eigenvalue weighted by Gasteiger charge is 2.26. The van der Waals surface area contributed by atoms with E-state index in [-0.39, 0.29) is 0 Å². The van der Waals surface area contributed by atoms with Gasteiger partial charge < -0.3 is 10.3 Å². The molecule has 1 aliphatic rings. The van der Waals surface area contributed by atoms with Gasteiger partial charge in [-0.05, 0) is 38.0 Å². The molecule has 1 aliphatic carbocycles. The maximum atomic E-state index is 5.78. The van der Waals surface area contributed by atoms with E-state index in [1.165, 1.54) is 50.8 Å². The van der Waals surface area contributed by atoms with E-state index in [4.69, 9.17) is 5.73 Å². The molecule has 1 aromatic rings. The molecule has 0 atom stereocenters. The summed E-state index contributed by atoms with van der Waals surface area (Å²) in [5, 5.41) is 8.73. The minimum atomic E-state index is 0.499. The van der Waals surface area contributed by atoms with E-state index in [1.807, 2.05) is 0 Å². The Balaban J connectivity index is 1.97. The lowest BCUT2D eigenvalue weighted by molar-refractivity contribution is 0.294. The molecular formula is C16H30N4. The lowest BCUT2D eigenvalue weighted by atomic mass is 9.79. The van der Waals surface area contributed by atoms with Crippen LogP contribution in [-0.4, -0.2) is 14.8 Å². The quantitative estimate of drug-likeness (QED) is 0.829. The molecule has 0 spiro atoms. The van der Waals surface area contributed by atoms with Crippen molar-refractivity contribution in [1.29, 1.82) is 0 Å². The summed E-state index contributed by atoms with van der Waals surface area (Å²) in [6.07, 6.45) is 10.5. The van der Waals surface area contributed by atoms with E-state index in [1.54, 1.807) is 0 Å². The van der Waals surface area contributed by atoms with Crippen LogP contribution >= 0.6 is 0 Å². The van der Waals surface area contributed by atoms with Gasteiger partial charge in [0.15, 0.2) is 0 Å². The fourth-order valence-electron chi connectivity index (χ4n) is 3.47.